The molecule has 3 aromatic rings. The molecular formula is C17H16BrFN2. The molecule has 1 heterocycles. The molecule has 1 aromatic heterocycles. The fraction of sp³-hybridized carbons (Fsp3) is 0.176. The lowest BCUT2D eigenvalue weighted by Crippen LogP contribution is -2.02. The molecule has 2 N–H and O–H groups in total. The summed E-state index contributed by atoms with van der Waals surface area (Å²) >= 11 is 3.24. The van der Waals surface area contributed by atoms with E-state index in [9.17, 15) is 4.39 Å². The van der Waals surface area contributed by atoms with Gasteiger partial charge in [0.25, 0.3) is 0 Å². The average molecular weight is 347 g/mol. The second-order valence-corrected chi connectivity index (χ2v) is 5.94. The molecule has 0 unspecified atom stereocenters. The average Bonchev–Trinajstić information content (AvgIpc) is 2.82. The maximum absolute atomic E-state index is 13.3. The van der Waals surface area contributed by atoms with Gasteiger partial charge in [0.15, 0.2) is 0 Å². The van der Waals surface area contributed by atoms with Gasteiger partial charge in [0.1, 0.15) is 5.82 Å². The van der Waals surface area contributed by atoms with Crippen molar-refractivity contribution >= 4 is 26.8 Å². The van der Waals surface area contributed by atoms with Gasteiger partial charge in [-0.3, -0.25) is 0 Å². The van der Waals surface area contributed by atoms with Gasteiger partial charge in [0.2, 0.25) is 0 Å². The third-order valence-corrected chi connectivity index (χ3v) is 4.23. The number of aromatic nitrogens is 1. The Morgan fingerprint density at radius 2 is 1.95 bits per heavy atom. The van der Waals surface area contributed by atoms with Crippen LogP contribution in [0.2, 0.25) is 0 Å². The second kappa shape index (κ2) is 6.00. The summed E-state index contributed by atoms with van der Waals surface area (Å²) in [5.41, 5.74) is 9.19. The second-order valence-electron chi connectivity index (χ2n) is 5.09. The molecule has 0 saturated carbocycles. The molecule has 21 heavy (non-hydrogen) atoms. The van der Waals surface area contributed by atoms with Crippen LogP contribution in [-0.4, -0.2) is 11.1 Å². The van der Waals surface area contributed by atoms with Crippen molar-refractivity contribution in [2.24, 2.45) is 5.73 Å². The van der Waals surface area contributed by atoms with Crippen molar-refractivity contribution < 1.29 is 4.39 Å². The summed E-state index contributed by atoms with van der Waals surface area (Å²) in [5, 5.41) is 1.24. The highest BCUT2D eigenvalue weighted by Gasteiger charge is 2.08. The Balaban J connectivity index is 2.01. The lowest BCUT2D eigenvalue weighted by atomic mass is 10.1. The third-order valence-electron chi connectivity index (χ3n) is 3.62. The van der Waals surface area contributed by atoms with Gasteiger partial charge in [-0.25, -0.2) is 4.39 Å². The van der Waals surface area contributed by atoms with Crippen LogP contribution < -0.4 is 5.73 Å². The lowest BCUT2D eigenvalue weighted by Gasteiger charge is -2.06. The standard InChI is InChI=1S/C17H16BrFN2/c18-15-9-12(5-6-16(15)19)10-21-11-13(7-8-20)14-3-1-2-4-17(14)21/h1-6,9,11H,7-8,10,20H2. The molecule has 0 aliphatic heterocycles. The highest BCUT2D eigenvalue weighted by atomic mass is 79.9. The zero-order chi connectivity index (χ0) is 14.8. The van der Waals surface area contributed by atoms with Crippen molar-refractivity contribution in [2.75, 3.05) is 6.54 Å². The van der Waals surface area contributed by atoms with Crippen molar-refractivity contribution in [3.63, 3.8) is 0 Å². The zero-order valence-corrected chi connectivity index (χ0v) is 13.1. The Labute approximate surface area is 131 Å². The topological polar surface area (TPSA) is 30.9 Å². The van der Waals surface area contributed by atoms with E-state index in [1.54, 1.807) is 0 Å². The predicted molar refractivity (Wildman–Crippen MR) is 87.9 cm³/mol. The molecule has 0 fully saturated rings. The molecular weight excluding hydrogens is 331 g/mol. The molecule has 0 aliphatic carbocycles. The van der Waals surface area contributed by atoms with Crippen LogP contribution in [0.1, 0.15) is 11.1 Å². The summed E-state index contributed by atoms with van der Waals surface area (Å²) in [4.78, 5) is 0. The molecule has 4 heteroatoms. The Kier molecular flexibility index (Phi) is 4.08. The minimum absolute atomic E-state index is 0.236. The van der Waals surface area contributed by atoms with Gasteiger partial charge < -0.3 is 10.3 Å². The maximum atomic E-state index is 13.3. The first kappa shape index (κ1) is 14.3. The minimum Gasteiger partial charge on any atom is -0.343 e. The van der Waals surface area contributed by atoms with E-state index in [4.69, 9.17) is 5.73 Å². The number of nitrogens with two attached hydrogens (primary N) is 1. The Hall–Kier alpha value is -1.65. The van der Waals surface area contributed by atoms with Gasteiger partial charge in [0.05, 0.1) is 4.47 Å². The first-order valence-electron chi connectivity index (χ1n) is 6.90. The van der Waals surface area contributed by atoms with E-state index in [2.05, 4.69) is 38.8 Å². The van der Waals surface area contributed by atoms with E-state index in [-0.39, 0.29) is 5.82 Å². The van der Waals surface area contributed by atoms with Crippen molar-refractivity contribution in [3.05, 3.63) is 70.1 Å². The van der Waals surface area contributed by atoms with Crippen LogP contribution >= 0.6 is 15.9 Å². The number of hydrogen-bond acceptors (Lipinski definition) is 1. The van der Waals surface area contributed by atoms with Crippen LogP contribution in [0, 0.1) is 5.82 Å². The van der Waals surface area contributed by atoms with Crippen molar-refractivity contribution in [1.82, 2.24) is 4.57 Å². The zero-order valence-electron chi connectivity index (χ0n) is 11.5. The molecule has 108 valence electrons. The predicted octanol–water partition coefficient (Wildman–Crippen LogP) is 4.09. The van der Waals surface area contributed by atoms with E-state index < -0.39 is 0 Å². The van der Waals surface area contributed by atoms with Crippen molar-refractivity contribution in [1.29, 1.82) is 0 Å². The summed E-state index contributed by atoms with van der Waals surface area (Å²) in [6.07, 6.45) is 3.01. The number of hydrogen-bond donors (Lipinski definition) is 1. The first-order chi connectivity index (χ1) is 10.2. The monoisotopic (exact) mass is 346 g/mol. The van der Waals surface area contributed by atoms with Crippen LogP contribution in [0.5, 0.6) is 0 Å². The molecule has 2 aromatic carbocycles. The van der Waals surface area contributed by atoms with Crippen LogP contribution in [0.3, 0.4) is 0 Å². The quantitative estimate of drug-likeness (QED) is 0.757. The number of rotatable bonds is 4. The maximum Gasteiger partial charge on any atom is 0.137 e. The normalized spacial score (nSPS) is 11.2. The number of para-hydroxylation sites is 1. The van der Waals surface area contributed by atoms with Crippen molar-refractivity contribution in [2.45, 2.75) is 13.0 Å². The molecule has 2 nitrogen and oxygen atoms in total. The van der Waals surface area contributed by atoms with Crippen LogP contribution in [0.4, 0.5) is 4.39 Å². The van der Waals surface area contributed by atoms with Gasteiger partial charge in [-0.15, -0.1) is 0 Å². The molecule has 0 saturated heterocycles. The highest BCUT2D eigenvalue weighted by Crippen LogP contribution is 2.24. The number of nitrogens with zero attached hydrogens (tertiary/aromatic N) is 1. The van der Waals surface area contributed by atoms with Gasteiger partial charge in [-0.05, 0) is 58.2 Å². The highest BCUT2D eigenvalue weighted by molar-refractivity contribution is 9.10. The fourth-order valence-corrected chi connectivity index (χ4v) is 3.07. The molecule has 0 amide bonds. The van der Waals surface area contributed by atoms with Gasteiger partial charge in [-0.1, -0.05) is 24.3 Å². The third kappa shape index (κ3) is 2.87. The van der Waals surface area contributed by atoms with E-state index >= 15 is 0 Å². The van der Waals surface area contributed by atoms with Crippen LogP contribution in [-0.2, 0) is 13.0 Å². The van der Waals surface area contributed by atoms with Gasteiger partial charge in [0, 0.05) is 23.6 Å². The summed E-state index contributed by atoms with van der Waals surface area (Å²) in [7, 11) is 0. The molecule has 0 aliphatic rings. The number of halogens is 2. The van der Waals surface area contributed by atoms with Gasteiger partial charge >= 0.3 is 0 Å². The van der Waals surface area contributed by atoms with E-state index in [0.717, 1.165) is 12.0 Å². The molecule has 3 rings (SSSR count). The molecule has 0 atom stereocenters. The van der Waals surface area contributed by atoms with E-state index in [1.165, 1.54) is 22.5 Å². The SMILES string of the molecule is NCCc1cn(Cc2ccc(F)c(Br)c2)c2ccccc12. The van der Waals surface area contributed by atoms with Crippen LogP contribution in [0.25, 0.3) is 10.9 Å². The Morgan fingerprint density at radius 3 is 2.71 bits per heavy atom. The Morgan fingerprint density at radius 1 is 1.14 bits per heavy atom. The smallest absolute Gasteiger partial charge is 0.137 e. The summed E-state index contributed by atoms with van der Waals surface area (Å²) in [6.45, 7) is 1.35. The number of fused-ring (bicyclic) bond motifs is 1. The minimum atomic E-state index is -0.236. The first-order valence-corrected chi connectivity index (χ1v) is 7.69. The van der Waals surface area contributed by atoms with Crippen molar-refractivity contribution in [3.8, 4) is 0 Å². The summed E-state index contributed by atoms with van der Waals surface area (Å²) in [5.74, 6) is -0.236. The lowest BCUT2D eigenvalue weighted by molar-refractivity contribution is 0.619. The van der Waals surface area contributed by atoms with E-state index in [1.807, 2.05) is 24.3 Å². The van der Waals surface area contributed by atoms with E-state index in [0.29, 0.717) is 17.6 Å². The van der Waals surface area contributed by atoms with Crippen LogP contribution in [0.15, 0.2) is 53.1 Å². The summed E-state index contributed by atoms with van der Waals surface area (Å²) in [6, 6.07) is 13.4. The molecule has 0 radical (unpaired) electrons. The number of benzene rings is 2. The van der Waals surface area contributed by atoms with Gasteiger partial charge in [-0.2, -0.15) is 0 Å². The fourth-order valence-electron chi connectivity index (χ4n) is 2.64. The Bertz CT molecular complexity index is 780. The summed E-state index contributed by atoms with van der Waals surface area (Å²) < 4.78 is 16.0. The molecule has 0 bridgehead atoms. The largest absolute Gasteiger partial charge is 0.343 e. The molecule has 0 spiro atoms.